The molecule has 2 aromatic rings. The summed E-state index contributed by atoms with van der Waals surface area (Å²) in [7, 11) is 0. The minimum Gasteiger partial charge on any atom is -0.393 e. The fourth-order valence-corrected chi connectivity index (χ4v) is 10.3. The lowest BCUT2D eigenvalue weighted by atomic mass is 9.47. The van der Waals surface area contributed by atoms with Gasteiger partial charge in [0.15, 0.2) is 0 Å². The Hall–Kier alpha value is -1.81. The largest absolute Gasteiger partial charge is 0.393 e. The van der Waals surface area contributed by atoms with Crippen molar-refractivity contribution in [3.8, 4) is 0 Å². The molecule has 7 rings (SSSR count). The van der Waals surface area contributed by atoms with Crippen LogP contribution in [0.2, 0.25) is 10.0 Å². The van der Waals surface area contributed by atoms with Gasteiger partial charge in [-0.05, 0) is 104 Å². The number of allylic oxidation sites excluding steroid dienone is 1. The normalized spacial score (nSPS) is 39.5. The molecule has 0 radical (unpaired) electrons. The fourth-order valence-electron chi connectivity index (χ4n) is 9.78. The van der Waals surface area contributed by atoms with Crippen LogP contribution in [-0.2, 0) is 0 Å². The molecule has 5 aliphatic rings. The molecule has 0 amide bonds. The molecular formula is C34H40Cl2N2O. The second-order valence-corrected chi connectivity index (χ2v) is 14.3. The van der Waals surface area contributed by atoms with Crippen LogP contribution in [0.3, 0.4) is 0 Å². The van der Waals surface area contributed by atoms with Crippen molar-refractivity contribution in [3.63, 3.8) is 0 Å². The Morgan fingerprint density at radius 3 is 2.44 bits per heavy atom. The number of rotatable bonds is 3. The maximum absolute atomic E-state index is 10.4. The summed E-state index contributed by atoms with van der Waals surface area (Å²) in [4.78, 5) is 0. The van der Waals surface area contributed by atoms with Crippen molar-refractivity contribution in [1.29, 1.82) is 0 Å². The van der Waals surface area contributed by atoms with Crippen LogP contribution in [0.1, 0.15) is 83.2 Å². The number of hydrazone groups is 1. The van der Waals surface area contributed by atoms with Crippen molar-refractivity contribution >= 4 is 34.6 Å². The van der Waals surface area contributed by atoms with E-state index in [1.54, 1.807) is 5.57 Å². The lowest BCUT2D eigenvalue weighted by Crippen LogP contribution is -2.51. The Labute approximate surface area is 243 Å². The monoisotopic (exact) mass is 562 g/mol. The predicted octanol–water partition coefficient (Wildman–Crippen LogP) is 9.24. The number of aliphatic hydroxyl groups is 1. The number of hydrogen-bond donors (Lipinski definition) is 1. The highest BCUT2D eigenvalue weighted by atomic mass is 35.5. The molecule has 1 N–H and O–H groups in total. The summed E-state index contributed by atoms with van der Waals surface area (Å²) >= 11 is 13.5. The van der Waals surface area contributed by atoms with Crippen LogP contribution in [0, 0.1) is 34.5 Å². The van der Waals surface area contributed by atoms with E-state index in [0.717, 1.165) is 64.7 Å². The van der Waals surface area contributed by atoms with E-state index in [2.05, 4.69) is 43.1 Å². The van der Waals surface area contributed by atoms with E-state index >= 15 is 0 Å². The molecule has 8 atom stereocenters. The van der Waals surface area contributed by atoms with Crippen molar-refractivity contribution in [2.24, 2.45) is 39.6 Å². The van der Waals surface area contributed by atoms with Gasteiger partial charge in [0.2, 0.25) is 0 Å². The lowest BCUT2D eigenvalue weighted by Gasteiger charge is -2.58. The van der Waals surface area contributed by atoms with Crippen LogP contribution in [0.5, 0.6) is 0 Å². The predicted molar refractivity (Wildman–Crippen MR) is 161 cm³/mol. The Kier molecular flexibility index (Phi) is 6.45. The molecule has 4 aliphatic carbocycles. The van der Waals surface area contributed by atoms with Gasteiger partial charge in [0.25, 0.3) is 0 Å². The topological polar surface area (TPSA) is 35.8 Å². The Balaban J connectivity index is 1.21. The average molecular weight is 564 g/mol. The van der Waals surface area contributed by atoms with Gasteiger partial charge in [0.1, 0.15) is 0 Å². The van der Waals surface area contributed by atoms with Gasteiger partial charge in [0, 0.05) is 23.1 Å². The highest BCUT2D eigenvalue weighted by Gasteiger charge is 2.60. The van der Waals surface area contributed by atoms with Crippen molar-refractivity contribution in [2.45, 2.75) is 83.8 Å². The number of fused-ring (bicyclic) bond motifs is 5. The van der Waals surface area contributed by atoms with Gasteiger partial charge in [-0.25, -0.2) is 0 Å². The average Bonchev–Trinajstić information content (AvgIpc) is 3.50. The van der Waals surface area contributed by atoms with Crippen molar-refractivity contribution < 1.29 is 5.11 Å². The Morgan fingerprint density at radius 1 is 0.872 bits per heavy atom. The maximum atomic E-state index is 10.4. The van der Waals surface area contributed by atoms with E-state index in [4.69, 9.17) is 28.3 Å². The van der Waals surface area contributed by atoms with Crippen LogP contribution in [0.15, 0.2) is 65.3 Å². The zero-order valence-corrected chi connectivity index (χ0v) is 24.6. The third-order valence-corrected chi connectivity index (χ3v) is 12.4. The summed E-state index contributed by atoms with van der Waals surface area (Å²) in [6, 6.07) is 16.3. The molecule has 1 unspecified atom stereocenters. The van der Waals surface area contributed by atoms with Gasteiger partial charge in [-0.3, -0.25) is 5.01 Å². The molecule has 0 aromatic heterocycles. The number of anilines is 1. The molecule has 5 heteroatoms. The molecule has 206 valence electrons. The van der Waals surface area contributed by atoms with E-state index in [-0.39, 0.29) is 23.0 Å². The fraction of sp³-hybridized carbons (Fsp3) is 0.559. The molecule has 0 saturated heterocycles. The summed E-state index contributed by atoms with van der Waals surface area (Å²) in [6.45, 7) is 5.11. The molecule has 3 saturated carbocycles. The van der Waals surface area contributed by atoms with E-state index < -0.39 is 0 Å². The van der Waals surface area contributed by atoms with Crippen LogP contribution in [0.25, 0.3) is 0 Å². The maximum Gasteiger partial charge on any atom is 0.0843 e. The molecule has 3 nitrogen and oxygen atoms in total. The standard InChI is InChI=1S/C34H40Cl2N2O/c1-33-17-15-22(39)19-21(33)11-12-23-25-13-14-27(34(25,2)18-16-26(23)33)30-20-32(24-7-3-4-8-28(24)35)38(37-30)31-10-6-5-9-29(31)36/h3-11,22-23,25-27,32,39H,12-20H2,1-2H3/t22-,23-,25-,26-,27+,32?,33-,34-/m0/s1. The number of benzene rings is 2. The first-order chi connectivity index (χ1) is 18.8. The van der Waals surface area contributed by atoms with Crippen LogP contribution in [-0.4, -0.2) is 16.9 Å². The summed E-state index contributed by atoms with van der Waals surface area (Å²) < 4.78 is 0. The molecule has 1 aliphatic heterocycles. The number of para-hydroxylation sites is 1. The van der Waals surface area contributed by atoms with Crippen LogP contribution < -0.4 is 5.01 Å². The summed E-state index contributed by atoms with van der Waals surface area (Å²) in [5.41, 5.74) is 5.53. The van der Waals surface area contributed by atoms with Crippen LogP contribution in [0.4, 0.5) is 5.69 Å². The first-order valence-electron chi connectivity index (χ1n) is 15.0. The number of hydrogen-bond acceptors (Lipinski definition) is 3. The molecule has 0 bridgehead atoms. The second kappa shape index (κ2) is 9.64. The highest BCUT2D eigenvalue weighted by Crippen LogP contribution is 2.67. The summed E-state index contributed by atoms with van der Waals surface area (Å²) in [5, 5.41) is 19.4. The Bertz CT molecular complexity index is 1340. The van der Waals surface area contributed by atoms with E-state index in [1.165, 1.54) is 37.8 Å². The molecule has 1 heterocycles. The molecule has 3 fully saturated rings. The molecular weight excluding hydrogens is 523 g/mol. The van der Waals surface area contributed by atoms with Crippen molar-refractivity contribution in [3.05, 3.63) is 75.8 Å². The smallest absolute Gasteiger partial charge is 0.0843 e. The van der Waals surface area contributed by atoms with Gasteiger partial charge in [-0.2, -0.15) is 5.10 Å². The van der Waals surface area contributed by atoms with Crippen molar-refractivity contribution in [2.75, 3.05) is 5.01 Å². The van der Waals surface area contributed by atoms with Gasteiger partial charge in [-0.15, -0.1) is 0 Å². The third-order valence-electron chi connectivity index (χ3n) is 11.8. The first kappa shape index (κ1) is 26.1. The van der Waals surface area contributed by atoms with E-state index in [1.807, 2.05) is 30.3 Å². The number of halogens is 2. The summed E-state index contributed by atoms with van der Waals surface area (Å²) in [5.74, 6) is 2.73. The Morgan fingerprint density at radius 2 is 1.64 bits per heavy atom. The van der Waals surface area contributed by atoms with E-state index in [9.17, 15) is 5.11 Å². The minimum atomic E-state index is -0.141. The van der Waals surface area contributed by atoms with Gasteiger partial charge < -0.3 is 5.11 Å². The zero-order chi connectivity index (χ0) is 26.9. The summed E-state index contributed by atoms with van der Waals surface area (Å²) in [6.07, 6.45) is 12.6. The number of nitrogens with zero attached hydrogens (tertiary/aromatic N) is 2. The molecule has 39 heavy (non-hydrogen) atoms. The van der Waals surface area contributed by atoms with E-state index in [0.29, 0.717) is 5.92 Å². The van der Waals surface area contributed by atoms with Gasteiger partial charge >= 0.3 is 0 Å². The van der Waals surface area contributed by atoms with Gasteiger partial charge in [0.05, 0.1) is 22.9 Å². The van der Waals surface area contributed by atoms with Gasteiger partial charge in [-0.1, -0.05) is 79.0 Å². The van der Waals surface area contributed by atoms with Crippen LogP contribution >= 0.6 is 23.2 Å². The zero-order valence-electron chi connectivity index (χ0n) is 23.1. The van der Waals surface area contributed by atoms with Crippen molar-refractivity contribution in [1.82, 2.24) is 0 Å². The highest BCUT2D eigenvalue weighted by molar-refractivity contribution is 6.33. The minimum absolute atomic E-state index is 0.0559. The quantitative estimate of drug-likeness (QED) is 0.378. The first-order valence-corrected chi connectivity index (χ1v) is 15.8. The number of aliphatic hydroxyl groups excluding tert-OH is 1. The molecule has 0 spiro atoms. The second-order valence-electron chi connectivity index (χ2n) is 13.5. The SMILES string of the molecule is C[C@]12CC[C@H]3[C@@H](CC=C4C[C@@H](O)CC[C@@]43C)[C@@H]1CC[C@@H]2C1=NN(c2ccccc2Cl)C(c2ccccc2Cl)C1. The molecule has 2 aromatic carbocycles. The third kappa shape index (κ3) is 4.05. The lowest BCUT2D eigenvalue weighted by molar-refractivity contribution is -0.0424.